The van der Waals surface area contributed by atoms with Gasteiger partial charge in [-0.05, 0) is 19.3 Å². The van der Waals surface area contributed by atoms with Crippen molar-refractivity contribution in [2.45, 2.75) is 58.9 Å². The maximum absolute atomic E-state index is 12.2. The SMILES string of the molecule is CCCC(CC(=O)O)NS(=O)(=O)N(CCC)CCC. The lowest BCUT2D eigenvalue weighted by molar-refractivity contribution is -0.137. The monoisotopic (exact) mass is 294 g/mol. The van der Waals surface area contributed by atoms with Gasteiger partial charge in [0.25, 0.3) is 10.2 Å². The summed E-state index contributed by atoms with van der Waals surface area (Å²) in [5, 5.41) is 8.80. The van der Waals surface area contributed by atoms with Gasteiger partial charge in [-0.25, -0.2) is 0 Å². The molecule has 19 heavy (non-hydrogen) atoms. The summed E-state index contributed by atoms with van der Waals surface area (Å²) in [5.41, 5.74) is 0. The molecule has 7 heteroatoms. The smallest absolute Gasteiger partial charge is 0.304 e. The second kappa shape index (κ2) is 9.28. The zero-order valence-corrected chi connectivity index (χ0v) is 12.9. The summed E-state index contributed by atoms with van der Waals surface area (Å²) < 4.78 is 28.3. The third kappa shape index (κ3) is 7.49. The van der Waals surface area contributed by atoms with Gasteiger partial charge in [-0.1, -0.05) is 27.2 Å². The number of carbonyl (C=O) groups is 1. The lowest BCUT2D eigenvalue weighted by Crippen LogP contribution is -2.46. The Balaban J connectivity index is 4.78. The zero-order chi connectivity index (χ0) is 14.9. The summed E-state index contributed by atoms with van der Waals surface area (Å²) >= 11 is 0. The summed E-state index contributed by atoms with van der Waals surface area (Å²) in [4.78, 5) is 10.7. The summed E-state index contributed by atoms with van der Waals surface area (Å²) in [6, 6.07) is -0.538. The molecular formula is C12H26N2O4S. The van der Waals surface area contributed by atoms with Crippen molar-refractivity contribution in [2.75, 3.05) is 13.1 Å². The highest BCUT2D eigenvalue weighted by atomic mass is 32.2. The Kier molecular flexibility index (Phi) is 8.95. The van der Waals surface area contributed by atoms with Crippen LogP contribution in [0, 0.1) is 0 Å². The van der Waals surface area contributed by atoms with Crippen LogP contribution in [0.25, 0.3) is 0 Å². The third-order valence-electron chi connectivity index (χ3n) is 2.66. The van der Waals surface area contributed by atoms with Gasteiger partial charge < -0.3 is 5.11 Å². The summed E-state index contributed by atoms with van der Waals surface area (Å²) in [7, 11) is -3.59. The zero-order valence-electron chi connectivity index (χ0n) is 12.1. The van der Waals surface area contributed by atoms with E-state index in [-0.39, 0.29) is 6.42 Å². The molecule has 0 rings (SSSR count). The van der Waals surface area contributed by atoms with E-state index in [2.05, 4.69) is 4.72 Å². The van der Waals surface area contributed by atoms with Gasteiger partial charge in [0.15, 0.2) is 0 Å². The molecule has 6 nitrogen and oxygen atoms in total. The topological polar surface area (TPSA) is 86.7 Å². The van der Waals surface area contributed by atoms with Crippen LogP contribution >= 0.6 is 0 Å². The number of hydrogen-bond acceptors (Lipinski definition) is 3. The fourth-order valence-corrected chi connectivity index (χ4v) is 3.52. The fourth-order valence-electron chi connectivity index (χ4n) is 1.90. The largest absolute Gasteiger partial charge is 0.481 e. The Hall–Kier alpha value is -0.660. The number of aliphatic carboxylic acids is 1. The van der Waals surface area contributed by atoms with Crippen molar-refractivity contribution < 1.29 is 18.3 Å². The molecule has 0 radical (unpaired) electrons. The van der Waals surface area contributed by atoms with Crippen LogP contribution in [-0.2, 0) is 15.0 Å². The van der Waals surface area contributed by atoms with Gasteiger partial charge in [-0.15, -0.1) is 0 Å². The molecule has 0 fully saturated rings. The Bertz CT molecular complexity index is 351. The van der Waals surface area contributed by atoms with E-state index in [0.29, 0.717) is 19.5 Å². The molecule has 0 amide bonds. The minimum Gasteiger partial charge on any atom is -0.481 e. The standard InChI is InChI=1S/C12H26N2O4S/c1-4-7-11(10-12(15)16)13-19(17,18)14(8-5-2)9-6-3/h11,13H,4-10H2,1-3H3,(H,15,16). The molecule has 0 aromatic carbocycles. The second-order valence-electron chi connectivity index (χ2n) is 4.61. The number of carboxylic acid groups (broad SMARTS) is 1. The Morgan fingerprint density at radius 1 is 1.16 bits per heavy atom. The Morgan fingerprint density at radius 2 is 1.68 bits per heavy atom. The van der Waals surface area contributed by atoms with Gasteiger partial charge in [-0.2, -0.15) is 17.4 Å². The summed E-state index contributed by atoms with van der Waals surface area (Å²) in [6.07, 6.45) is 2.55. The van der Waals surface area contributed by atoms with Crippen molar-refractivity contribution in [3.05, 3.63) is 0 Å². The average molecular weight is 294 g/mol. The van der Waals surface area contributed by atoms with E-state index in [1.165, 1.54) is 4.31 Å². The van der Waals surface area contributed by atoms with Gasteiger partial charge in [0.1, 0.15) is 0 Å². The fraction of sp³-hybridized carbons (Fsp3) is 0.917. The van der Waals surface area contributed by atoms with Gasteiger partial charge >= 0.3 is 5.97 Å². The van der Waals surface area contributed by atoms with E-state index in [4.69, 9.17) is 5.11 Å². The summed E-state index contributed by atoms with van der Waals surface area (Å²) in [5.74, 6) is -0.987. The molecule has 0 aromatic heterocycles. The lowest BCUT2D eigenvalue weighted by atomic mass is 10.1. The predicted molar refractivity (Wildman–Crippen MR) is 75.2 cm³/mol. The van der Waals surface area contributed by atoms with E-state index in [1.807, 2.05) is 20.8 Å². The normalized spacial score (nSPS) is 13.7. The first kappa shape index (κ1) is 18.3. The molecule has 0 saturated heterocycles. The van der Waals surface area contributed by atoms with Crippen molar-refractivity contribution >= 4 is 16.2 Å². The second-order valence-corrected chi connectivity index (χ2v) is 6.31. The van der Waals surface area contributed by atoms with Crippen LogP contribution in [0.2, 0.25) is 0 Å². The van der Waals surface area contributed by atoms with Gasteiger partial charge in [-0.3, -0.25) is 4.79 Å². The number of nitrogens with one attached hydrogen (secondary N) is 1. The van der Waals surface area contributed by atoms with E-state index >= 15 is 0 Å². The van der Waals surface area contributed by atoms with Crippen molar-refractivity contribution in [2.24, 2.45) is 0 Å². The molecule has 0 bridgehead atoms. The maximum atomic E-state index is 12.2. The molecule has 1 unspecified atom stereocenters. The predicted octanol–water partition coefficient (Wildman–Crippen LogP) is 1.59. The lowest BCUT2D eigenvalue weighted by Gasteiger charge is -2.24. The van der Waals surface area contributed by atoms with Crippen molar-refractivity contribution in [3.63, 3.8) is 0 Å². The van der Waals surface area contributed by atoms with E-state index in [9.17, 15) is 13.2 Å². The highest BCUT2D eigenvalue weighted by Crippen LogP contribution is 2.08. The first-order chi connectivity index (χ1) is 8.87. The minimum absolute atomic E-state index is 0.181. The van der Waals surface area contributed by atoms with Crippen LogP contribution in [0.15, 0.2) is 0 Å². The molecule has 0 saturated carbocycles. The first-order valence-electron chi connectivity index (χ1n) is 6.86. The highest BCUT2D eigenvalue weighted by molar-refractivity contribution is 7.87. The van der Waals surface area contributed by atoms with Crippen molar-refractivity contribution in [1.29, 1.82) is 0 Å². The van der Waals surface area contributed by atoms with Crippen LogP contribution < -0.4 is 4.72 Å². The summed E-state index contributed by atoms with van der Waals surface area (Å²) in [6.45, 7) is 6.64. The third-order valence-corrected chi connectivity index (χ3v) is 4.34. The molecular weight excluding hydrogens is 268 g/mol. The first-order valence-corrected chi connectivity index (χ1v) is 8.30. The molecule has 0 aliphatic heterocycles. The molecule has 0 aliphatic carbocycles. The van der Waals surface area contributed by atoms with Crippen molar-refractivity contribution in [3.8, 4) is 0 Å². The van der Waals surface area contributed by atoms with Crippen LogP contribution in [0.1, 0.15) is 52.9 Å². The van der Waals surface area contributed by atoms with Crippen LogP contribution in [0.4, 0.5) is 0 Å². The maximum Gasteiger partial charge on any atom is 0.304 e. The molecule has 0 aliphatic rings. The van der Waals surface area contributed by atoms with Crippen molar-refractivity contribution in [1.82, 2.24) is 9.03 Å². The number of hydrogen-bond donors (Lipinski definition) is 2. The Morgan fingerprint density at radius 3 is 2.05 bits per heavy atom. The van der Waals surface area contributed by atoms with Crippen LogP contribution in [-0.4, -0.2) is 42.9 Å². The number of carboxylic acids is 1. The van der Waals surface area contributed by atoms with Gasteiger partial charge in [0.2, 0.25) is 0 Å². The molecule has 0 heterocycles. The van der Waals surface area contributed by atoms with Crippen LogP contribution in [0.3, 0.4) is 0 Å². The van der Waals surface area contributed by atoms with Gasteiger partial charge in [0, 0.05) is 19.1 Å². The number of rotatable bonds is 11. The highest BCUT2D eigenvalue weighted by Gasteiger charge is 2.25. The van der Waals surface area contributed by atoms with Gasteiger partial charge in [0.05, 0.1) is 6.42 Å². The Labute approximate surface area is 116 Å². The van der Waals surface area contributed by atoms with E-state index in [0.717, 1.165) is 19.3 Å². The average Bonchev–Trinajstić information content (AvgIpc) is 2.27. The molecule has 1 atom stereocenters. The minimum atomic E-state index is -3.59. The molecule has 114 valence electrons. The van der Waals surface area contributed by atoms with E-state index < -0.39 is 22.2 Å². The quantitative estimate of drug-likeness (QED) is 0.606. The van der Waals surface area contributed by atoms with Crippen LogP contribution in [0.5, 0.6) is 0 Å². The molecule has 0 spiro atoms. The van der Waals surface area contributed by atoms with E-state index in [1.54, 1.807) is 0 Å². The number of nitrogens with zero attached hydrogens (tertiary/aromatic N) is 1. The molecule has 2 N–H and O–H groups in total. The molecule has 0 aromatic rings.